The molecule has 0 saturated heterocycles. The fourth-order valence-electron chi connectivity index (χ4n) is 6.41. The van der Waals surface area contributed by atoms with Gasteiger partial charge in [0.15, 0.2) is 0 Å². The van der Waals surface area contributed by atoms with Crippen molar-refractivity contribution in [3.8, 4) is 0 Å². The molecule has 0 atom stereocenters. The smallest absolute Gasteiger partial charge is 0.0816 e. The van der Waals surface area contributed by atoms with E-state index in [1.807, 2.05) is 6.21 Å². The van der Waals surface area contributed by atoms with Gasteiger partial charge in [-0.2, -0.15) is 0 Å². The molecule has 0 aliphatic carbocycles. The van der Waals surface area contributed by atoms with Crippen molar-refractivity contribution in [2.45, 2.75) is 189 Å². The van der Waals surface area contributed by atoms with E-state index >= 15 is 0 Å². The second-order valence-electron chi connectivity index (χ2n) is 13.8. The van der Waals surface area contributed by atoms with Gasteiger partial charge in [0.05, 0.1) is 23.3 Å². The van der Waals surface area contributed by atoms with Crippen LogP contribution >= 0.6 is 0 Å². The van der Waals surface area contributed by atoms with Crippen LogP contribution in [-0.4, -0.2) is 11.9 Å². The standard InChI is InChI=1S/C45H72N2/c1-6-11-16-17-18-19-20-21-26-31-45(47-44-35-33-40(28-23-13-8-3)42(37-44)30-25-15-10-5)38-46-43-34-32-39(27-22-12-7-2)41(36-43)29-24-14-9-4/h26,31-38H,6-25,27-30H2,1-5H3. The largest absolute Gasteiger partial charge is 0.255 e. The molecule has 0 bridgehead atoms. The molecule has 0 radical (unpaired) electrons. The molecular formula is C45H72N2. The Kier molecular flexibility index (Phi) is 23.8. The Bertz CT molecular complexity index is 1150. The number of nitrogens with zero attached hydrogens (tertiary/aromatic N) is 2. The van der Waals surface area contributed by atoms with Gasteiger partial charge in [0.2, 0.25) is 0 Å². The lowest BCUT2D eigenvalue weighted by Crippen LogP contribution is -1.98. The second-order valence-corrected chi connectivity index (χ2v) is 13.8. The van der Waals surface area contributed by atoms with Gasteiger partial charge in [-0.05, 0) is 117 Å². The number of aryl methyl sites for hydroxylation is 4. The van der Waals surface area contributed by atoms with E-state index in [4.69, 9.17) is 9.98 Å². The zero-order chi connectivity index (χ0) is 33.8. The Morgan fingerprint density at radius 2 is 0.894 bits per heavy atom. The summed E-state index contributed by atoms with van der Waals surface area (Å²) in [7, 11) is 0. The van der Waals surface area contributed by atoms with Crippen molar-refractivity contribution in [3.05, 3.63) is 70.8 Å². The van der Waals surface area contributed by atoms with Gasteiger partial charge in [0.25, 0.3) is 0 Å². The highest BCUT2D eigenvalue weighted by molar-refractivity contribution is 6.36. The van der Waals surface area contributed by atoms with Crippen LogP contribution in [0.5, 0.6) is 0 Å². The van der Waals surface area contributed by atoms with Gasteiger partial charge in [0, 0.05) is 0 Å². The maximum atomic E-state index is 5.20. The van der Waals surface area contributed by atoms with Crippen LogP contribution in [0.4, 0.5) is 11.4 Å². The van der Waals surface area contributed by atoms with Crippen molar-refractivity contribution >= 4 is 23.3 Å². The molecule has 0 aliphatic heterocycles. The predicted octanol–water partition coefficient (Wildman–Crippen LogP) is 14.8. The zero-order valence-corrected chi connectivity index (χ0v) is 31.6. The van der Waals surface area contributed by atoms with Crippen LogP contribution < -0.4 is 0 Å². The van der Waals surface area contributed by atoms with Crippen LogP contribution in [0.2, 0.25) is 0 Å². The highest BCUT2D eigenvalue weighted by Crippen LogP contribution is 2.25. The van der Waals surface area contributed by atoms with Crippen molar-refractivity contribution in [1.29, 1.82) is 0 Å². The van der Waals surface area contributed by atoms with Crippen LogP contribution in [0.15, 0.2) is 58.5 Å². The molecule has 0 aromatic heterocycles. The molecule has 2 nitrogen and oxygen atoms in total. The number of rotatable bonds is 28. The number of benzene rings is 2. The summed E-state index contributed by atoms with van der Waals surface area (Å²) < 4.78 is 0. The quantitative estimate of drug-likeness (QED) is 0.0653. The molecule has 0 fully saturated rings. The van der Waals surface area contributed by atoms with E-state index in [9.17, 15) is 0 Å². The van der Waals surface area contributed by atoms with Crippen LogP contribution in [-0.2, 0) is 25.7 Å². The first kappa shape index (κ1) is 40.7. The van der Waals surface area contributed by atoms with Crippen LogP contribution in [0, 0.1) is 0 Å². The summed E-state index contributed by atoms with van der Waals surface area (Å²) in [6.45, 7) is 11.5. The molecule has 2 rings (SSSR count). The van der Waals surface area contributed by atoms with E-state index in [0.717, 1.165) is 36.3 Å². The van der Waals surface area contributed by atoms with Gasteiger partial charge in [-0.3, -0.25) is 4.99 Å². The minimum Gasteiger partial charge on any atom is -0.255 e. The third-order valence-electron chi connectivity index (χ3n) is 9.45. The zero-order valence-electron chi connectivity index (χ0n) is 31.6. The van der Waals surface area contributed by atoms with Crippen molar-refractivity contribution in [2.75, 3.05) is 0 Å². The summed E-state index contributed by atoms with van der Waals surface area (Å²) in [5.41, 5.74) is 9.09. The number of unbranched alkanes of at least 4 members (excludes halogenated alkanes) is 15. The molecule has 2 aromatic rings. The molecule has 262 valence electrons. The molecule has 0 aliphatic rings. The van der Waals surface area contributed by atoms with E-state index in [1.54, 1.807) is 0 Å². The van der Waals surface area contributed by atoms with Gasteiger partial charge >= 0.3 is 0 Å². The lowest BCUT2D eigenvalue weighted by Gasteiger charge is -2.11. The first-order valence-corrected chi connectivity index (χ1v) is 20.2. The normalized spacial score (nSPS) is 12.2. The summed E-state index contributed by atoms with van der Waals surface area (Å²) in [5, 5.41) is 0. The maximum absolute atomic E-state index is 5.20. The van der Waals surface area contributed by atoms with E-state index in [-0.39, 0.29) is 0 Å². The Morgan fingerprint density at radius 3 is 1.43 bits per heavy atom. The summed E-state index contributed by atoms with van der Waals surface area (Å²) in [5.74, 6) is 0. The van der Waals surface area contributed by atoms with Crippen LogP contribution in [0.3, 0.4) is 0 Å². The van der Waals surface area contributed by atoms with Crippen molar-refractivity contribution in [3.63, 3.8) is 0 Å². The summed E-state index contributed by atoms with van der Waals surface area (Å²) in [6, 6.07) is 13.9. The Balaban J connectivity index is 2.31. The van der Waals surface area contributed by atoms with Gasteiger partial charge in [-0.15, -0.1) is 0 Å². The third kappa shape index (κ3) is 18.6. The molecule has 0 spiro atoms. The Morgan fingerprint density at radius 1 is 0.468 bits per heavy atom. The fourth-order valence-corrected chi connectivity index (χ4v) is 6.41. The minimum atomic E-state index is 0.950. The van der Waals surface area contributed by atoms with Crippen molar-refractivity contribution < 1.29 is 0 Å². The van der Waals surface area contributed by atoms with Crippen LogP contribution in [0.1, 0.15) is 185 Å². The second kappa shape index (κ2) is 27.5. The fraction of sp³-hybridized carbons (Fsp3) is 0.644. The molecule has 0 heterocycles. The highest BCUT2D eigenvalue weighted by atomic mass is 14.8. The van der Waals surface area contributed by atoms with Gasteiger partial charge in [-0.1, -0.05) is 143 Å². The summed E-state index contributed by atoms with van der Waals surface area (Å²) in [6.07, 6.45) is 37.0. The molecule has 0 saturated carbocycles. The minimum absolute atomic E-state index is 0.950. The maximum Gasteiger partial charge on any atom is 0.0816 e. The molecule has 2 heteroatoms. The van der Waals surface area contributed by atoms with Crippen LogP contribution in [0.25, 0.3) is 0 Å². The molecule has 0 unspecified atom stereocenters. The van der Waals surface area contributed by atoms with Gasteiger partial charge < -0.3 is 0 Å². The lowest BCUT2D eigenvalue weighted by molar-refractivity contribution is 0.592. The van der Waals surface area contributed by atoms with E-state index in [0.29, 0.717) is 0 Å². The van der Waals surface area contributed by atoms with Crippen molar-refractivity contribution in [1.82, 2.24) is 0 Å². The number of allylic oxidation sites excluding steroid dienone is 2. The monoisotopic (exact) mass is 641 g/mol. The predicted molar refractivity (Wildman–Crippen MR) is 213 cm³/mol. The van der Waals surface area contributed by atoms with Gasteiger partial charge in [0.1, 0.15) is 0 Å². The highest BCUT2D eigenvalue weighted by Gasteiger charge is 2.07. The van der Waals surface area contributed by atoms with E-state index < -0.39 is 0 Å². The topological polar surface area (TPSA) is 24.7 Å². The Hall–Kier alpha value is -2.48. The summed E-state index contributed by atoms with van der Waals surface area (Å²) >= 11 is 0. The summed E-state index contributed by atoms with van der Waals surface area (Å²) in [4.78, 5) is 10.2. The molecule has 0 amide bonds. The average Bonchev–Trinajstić information content (AvgIpc) is 3.08. The van der Waals surface area contributed by atoms with Crippen molar-refractivity contribution in [2.24, 2.45) is 9.98 Å². The first-order valence-electron chi connectivity index (χ1n) is 20.2. The number of hydrogen-bond donors (Lipinski definition) is 0. The first-order chi connectivity index (χ1) is 23.1. The molecular weight excluding hydrogens is 569 g/mol. The Labute approximate surface area is 292 Å². The van der Waals surface area contributed by atoms with E-state index in [2.05, 4.69) is 83.2 Å². The number of aliphatic imine (C=N–C) groups is 2. The van der Waals surface area contributed by atoms with Gasteiger partial charge in [-0.25, -0.2) is 4.99 Å². The SMILES string of the molecule is CCCCCCCCCC=CC(C=Nc1ccc(CCCCC)c(CCCCC)c1)=Nc1ccc(CCCCC)c(CCCCC)c1. The molecule has 0 N–H and O–H groups in total. The van der Waals surface area contributed by atoms with E-state index in [1.165, 1.54) is 157 Å². The average molecular weight is 641 g/mol. The molecule has 47 heavy (non-hydrogen) atoms. The number of hydrogen-bond acceptors (Lipinski definition) is 2. The molecule has 2 aromatic carbocycles. The third-order valence-corrected chi connectivity index (χ3v) is 9.45. The lowest BCUT2D eigenvalue weighted by atomic mass is 9.96.